The predicted molar refractivity (Wildman–Crippen MR) is 73.6 cm³/mol. The van der Waals surface area contributed by atoms with Gasteiger partial charge in [-0.05, 0) is 41.1 Å². The summed E-state index contributed by atoms with van der Waals surface area (Å²) in [6.45, 7) is 3.02. The Bertz CT molecular complexity index is 595. The smallest absolute Gasteiger partial charge is 0.335 e. The fourth-order valence-corrected chi connectivity index (χ4v) is 2.00. The van der Waals surface area contributed by atoms with E-state index in [0.717, 1.165) is 10.3 Å². The lowest BCUT2D eigenvalue weighted by molar-refractivity contribution is 0.0696. The molecule has 0 radical (unpaired) electrons. The largest absolute Gasteiger partial charge is 0.491 e. The van der Waals surface area contributed by atoms with Crippen LogP contribution in [0.25, 0.3) is 0 Å². The van der Waals surface area contributed by atoms with Crippen LogP contribution in [0.1, 0.15) is 16.2 Å². The van der Waals surface area contributed by atoms with Gasteiger partial charge in [-0.15, -0.1) is 0 Å². The minimum Gasteiger partial charge on any atom is -0.491 e. The van der Waals surface area contributed by atoms with E-state index in [1.807, 2.05) is 17.7 Å². The molecule has 19 heavy (non-hydrogen) atoms. The number of aromatic nitrogens is 2. The molecule has 2 aromatic rings. The third-order valence-electron chi connectivity index (χ3n) is 2.69. The Morgan fingerprint density at radius 1 is 1.53 bits per heavy atom. The minimum absolute atomic E-state index is 0.206. The molecule has 0 fully saturated rings. The molecule has 6 heteroatoms. The van der Waals surface area contributed by atoms with E-state index in [9.17, 15) is 4.79 Å². The van der Waals surface area contributed by atoms with Crippen molar-refractivity contribution in [2.24, 2.45) is 0 Å². The summed E-state index contributed by atoms with van der Waals surface area (Å²) in [5, 5.41) is 8.93. The molecule has 0 amide bonds. The monoisotopic (exact) mass is 324 g/mol. The van der Waals surface area contributed by atoms with Gasteiger partial charge in [-0.25, -0.2) is 9.78 Å². The number of carbonyl (C=O) groups is 1. The third kappa shape index (κ3) is 3.35. The van der Waals surface area contributed by atoms with Gasteiger partial charge in [0, 0.05) is 12.4 Å². The summed E-state index contributed by atoms with van der Waals surface area (Å²) >= 11 is 3.34. The quantitative estimate of drug-likeness (QED) is 0.918. The fraction of sp³-hybridized carbons (Fsp3) is 0.231. The van der Waals surface area contributed by atoms with Crippen LogP contribution < -0.4 is 4.74 Å². The van der Waals surface area contributed by atoms with Crippen LogP contribution in [0.2, 0.25) is 0 Å². The number of ether oxygens (including phenoxy) is 1. The van der Waals surface area contributed by atoms with Crippen molar-refractivity contribution in [1.29, 1.82) is 0 Å². The summed E-state index contributed by atoms with van der Waals surface area (Å²) in [4.78, 5) is 15.0. The van der Waals surface area contributed by atoms with Crippen molar-refractivity contribution in [3.63, 3.8) is 0 Å². The second kappa shape index (κ2) is 5.88. The minimum atomic E-state index is -0.970. The van der Waals surface area contributed by atoms with E-state index in [-0.39, 0.29) is 5.56 Å². The first-order valence-electron chi connectivity index (χ1n) is 5.71. The Morgan fingerprint density at radius 2 is 2.32 bits per heavy atom. The number of carboxylic acids is 1. The van der Waals surface area contributed by atoms with Crippen LogP contribution in [0.3, 0.4) is 0 Å². The van der Waals surface area contributed by atoms with Crippen molar-refractivity contribution >= 4 is 21.9 Å². The van der Waals surface area contributed by atoms with Gasteiger partial charge in [-0.3, -0.25) is 0 Å². The highest BCUT2D eigenvalue weighted by atomic mass is 79.9. The lowest BCUT2D eigenvalue weighted by atomic mass is 10.2. The van der Waals surface area contributed by atoms with Gasteiger partial charge in [0.15, 0.2) is 0 Å². The standard InChI is InChI=1S/C13H13BrN2O3/c1-9-15-4-5-16(9)6-7-19-12-8-10(13(17)18)2-3-11(12)14/h2-5,8H,6-7H2,1H3,(H,17,18). The molecule has 0 bridgehead atoms. The number of rotatable bonds is 5. The van der Waals surface area contributed by atoms with Crippen molar-refractivity contribution in [1.82, 2.24) is 9.55 Å². The van der Waals surface area contributed by atoms with Crippen molar-refractivity contribution in [3.8, 4) is 5.75 Å². The molecule has 100 valence electrons. The molecule has 0 saturated heterocycles. The van der Waals surface area contributed by atoms with Gasteiger partial charge in [0.25, 0.3) is 0 Å². The maximum atomic E-state index is 10.9. The number of aromatic carboxylic acids is 1. The summed E-state index contributed by atoms with van der Waals surface area (Å²) < 4.78 is 8.30. The Balaban J connectivity index is 2.01. The molecule has 2 rings (SSSR count). The van der Waals surface area contributed by atoms with Gasteiger partial charge in [0.05, 0.1) is 16.6 Å². The normalized spacial score (nSPS) is 10.4. The molecule has 1 heterocycles. The zero-order chi connectivity index (χ0) is 13.8. The van der Waals surface area contributed by atoms with Gasteiger partial charge in [0.1, 0.15) is 18.2 Å². The summed E-state index contributed by atoms with van der Waals surface area (Å²) in [5.41, 5.74) is 0.206. The number of carboxylic acid groups (broad SMARTS) is 1. The molecule has 1 N–H and O–H groups in total. The molecule has 1 aromatic heterocycles. The van der Waals surface area contributed by atoms with Gasteiger partial charge >= 0.3 is 5.97 Å². The summed E-state index contributed by atoms with van der Waals surface area (Å²) in [6, 6.07) is 4.70. The molecule has 0 atom stereocenters. The number of hydrogen-bond donors (Lipinski definition) is 1. The second-order valence-electron chi connectivity index (χ2n) is 3.97. The maximum Gasteiger partial charge on any atom is 0.335 e. The van der Waals surface area contributed by atoms with Crippen LogP contribution in [-0.2, 0) is 6.54 Å². The average Bonchev–Trinajstić information content (AvgIpc) is 2.77. The number of halogens is 1. The Labute approximate surface area is 119 Å². The molecule has 1 aromatic carbocycles. The molecule has 0 aliphatic heterocycles. The molecule has 5 nitrogen and oxygen atoms in total. The maximum absolute atomic E-state index is 10.9. The topological polar surface area (TPSA) is 64.4 Å². The van der Waals surface area contributed by atoms with Gasteiger partial charge < -0.3 is 14.4 Å². The van der Waals surface area contributed by atoms with E-state index in [2.05, 4.69) is 20.9 Å². The third-order valence-corrected chi connectivity index (χ3v) is 3.35. The Morgan fingerprint density at radius 3 is 2.95 bits per heavy atom. The fourth-order valence-electron chi connectivity index (χ4n) is 1.64. The number of imidazole rings is 1. The van der Waals surface area contributed by atoms with Gasteiger partial charge in [-0.2, -0.15) is 0 Å². The number of hydrogen-bond acceptors (Lipinski definition) is 3. The second-order valence-corrected chi connectivity index (χ2v) is 4.82. The van der Waals surface area contributed by atoms with Crippen LogP contribution in [0, 0.1) is 6.92 Å². The highest BCUT2D eigenvalue weighted by Gasteiger charge is 2.08. The Hall–Kier alpha value is -1.82. The molecule has 0 saturated carbocycles. The van der Waals surface area contributed by atoms with Gasteiger partial charge in [0.2, 0.25) is 0 Å². The van der Waals surface area contributed by atoms with Crippen molar-refractivity contribution in [2.75, 3.05) is 6.61 Å². The van der Waals surface area contributed by atoms with E-state index in [4.69, 9.17) is 9.84 Å². The molecular formula is C13H13BrN2O3. The highest BCUT2D eigenvalue weighted by Crippen LogP contribution is 2.26. The van der Waals surface area contributed by atoms with Gasteiger partial charge in [-0.1, -0.05) is 0 Å². The highest BCUT2D eigenvalue weighted by molar-refractivity contribution is 9.10. The van der Waals surface area contributed by atoms with Crippen LogP contribution in [0.5, 0.6) is 5.75 Å². The van der Waals surface area contributed by atoms with Crippen LogP contribution in [0.15, 0.2) is 35.1 Å². The molecular weight excluding hydrogens is 312 g/mol. The first-order chi connectivity index (χ1) is 9.08. The lowest BCUT2D eigenvalue weighted by Crippen LogP contribution is -2.09. The average molecular weight is 325 g/mol. The van der Waals surface area contributed by atoms with E-state index in [0.29, 0.717) is 18.9 Å². The SMILES string of the molecule is Cc1nccn1CCOc1cc(C(=O)O)ccc1Br. The zero-order valence-corrected chi connectivity index (χ0v) is 11.9. The molecule has 0 aliphatic carbocycles. The first-order valence-corrected chi connectivity index (χ1v) is 6.50. The summed E-state index contributed by atoms with van der Waals surface area (Å²) in [5.74, 6) is 0.474. The number of nitrogens with zero attached hydrogens (tertiary/aromatic N) is 2. The zero-order valence-electron chi connectivity index (χ0n) is 10.3. The van der Waals surface area contributed by atoms with E-state index >= 15 is 0 Å². The van der Waals surface area contributed by atoms with E-state index < -0.39 is 5.97 Å². The number of benzene rings is 1. The van der Waals surface area contributed by atoms with E-state index in [1.165, 1.54) is 12.1 Å². The first kappa shape index (κ1) is 13.6. The van der Waals surface area contributed by atoms with Crippen molar-refractivity contribution in [3.05, 3.63) is 46.5 Å². The van der Waals surface area contributed by atoms with Crippen molar-refractivity contribution < 1.29 is 14.6 Å². The summed E-state index contributed by atoms with van der Waals surface area (Å²) in [6.07, 6.45) is 3.61. The molecule has 0 aliphatic rings. The predicted octanol–water partition coefficient (Wildman–Crippen LogP) is 2.73. The lowest BCUT2D eigenvalue weighted by Gasteiger charge is -2.10. The molecule has 0 unspecified atom stereocenters. The molecule has 0 spiro atoms. The van der Waals surface area contributed by atoms with Crippen LogP contribution in [-0.4, -0.2) is 27.2 Å². The summed E-state index contributed by atoms with van der Waals surface area (Å²) in [7, 11) is 0. The van der Waals surface area contributed by atoms with Crippen LogP contribution in [0.4, 0.5) is 0 Å². The van der Waals surface area contributed by atoms with Crippen molar-refractivity contribution in [2.45, 2.75) is 13.5 Å². The number of aryl methyl sites for hydroxylation is 1. The van der Waals surface area contributed by atoms with E-state index in [1.54, 1.807) is 12.3 Å². The Kier molecular flexibility index (Phi) is 4.21. The van der Waals surface area contributed by atoms with Crippen LogP contribution >= 0.6 is 15.9 Å².